The van der Waals surface area contributed by atoms with Gasteiger partial charge in [-0.25, -0.2) is 0 Å². The fourth-order valence-corrected chi connectivity index (χ4v) is 3.17. The van der Waals surface area contributed by atoms with E-state index in [1.807, 2.05) is 18.7 Å². The van der Waals surface area contributed by atoms with Crippen molar-refractivity contribution in [3.63, 3.8) is 0 Å². The smallest absolute Gasteiger partial charge is 0.223 e. The van der Waals surface area contributed by atoms with E-state index in [-0.39, 0.29) is 5.91 Å². The Morgan fingerprint density at radius 2 is 1.96 bits per heavy atom. The minimum atomic E-state index is 0.203. The zero-order valence-corrected chi connectivity index (χ0v) is 14.6. The summed E-state index contributed by atoms with van der Waals surface area (Å²) in [6.07, 6.45) is 4.31. The Morgan fingerprint density at radius 3 is 2.54 bits per heavy atom. The van der Waals surface area contributed by atoms with E-state index in [0.717, 1.165) is 30.0 Å². The summed E-state index contributed by atoms with van der Waals surface area (Å²) in [4.78, 5) is 14.4. The zero-order valence-electron chi connectivity index (χ0n) is 14.6. The standard InChI is InChI=1S/C20H24N2O2/c1-14-4-6-17(7-5-14)18-10-12-22(13-11-18)20(23)9-8-19-15(2)21-24-16(19)3/h4-7,10H,8-9,11-13H2,1-3H3. The van der Waals surface area contributed by atoms with E-state index in [2.05, 4.69) is 42.4 Å². The van der Waals surface area contributed by atoms with Crippen molar-refractivity contribution in [2.75, 3.05) is 13.1 Å². The predicted molar refractivity (Wildman–Crippen MR) is 94.7 cm³/mol. The average molecular weight is 324 g/mol. The van der Waals surface area contributed by atoms with Crippen LogP contribution in [0.2, 0.25) is 0 Å². The number of rotatable bonds is 4. The van der Waals surface area contributed by atoms with Gasteiger partial charge in [0, 0.05) is 25.1 Å². The molecule has 0 saturated carbocycles. The summed E-state index contributed by atoms with van der Waals surface area (Å²) >= 11 is 0. The highest BCUT2D eigenvalue weighted by atomic mass is 16.5. The Kier molecular flexibility index (Phi) is 4.84. The van der Waals surface area contributed by atoms with Gasteiger partial charge in [0.15, 0.2) is 0 Å². The molecule has 0 fully saturated rings. The molecule has 1 aliphatic heterocycles. The largest absolute Gasteiger partial charge is 0.361 e. The van der Waals surface area contributed by atoms with Crippen LogP contribution in [0.3, 0.4) is 0 Å². The molecule has 1 aromatic carbocycles. The second-order valence-corrected chi connectivity index (χ2v) is 6.49. The van der Waals surface area contributed by atoms with Crippen molar-refractivity contribution >= 4 is 11.5 Å². The minimum absolute atomic E-state index is 0.203. The molecule has 0 unspecified atom stereocenters. The van der Waals surface area contributed by atoms with Gasteiger partial charge in [0.05, 0.1) is 5.69 Å². The highest BCUT2D eigenvalue weighted by molar-refractivity contribution is 5.78. The summed E-state index contributed by atoms with van der Waals surface area (Å²) < 4.78 is 5.16. The van der Waals surface area contributed by atoms with Crippen molar-refractivity contribution in [1.82, 2.24) is 10.1 Å². The first-order valence-corrected chi connectivity index (χ1v) is 8.50. The Labute approximate surface area is 143 Å². The third-order valence-electron chi connectivity index (χ3n) is 4.75. The zero-order chi connectivity index (χ0) is 17.1. The van der Waals surface area contributed by atoms with Crippen molar-refractivity contribution < 1.29 is 9.32 Å². The first-order chi connectivity index (χ1) is 11.5. The number of hydrogen-bond acceptors (Lipinski definition) is 3. The second kappa shape index (κ2) is 7.04. The number of carbonyl (C=O) groups is 1. The molecule has 2 aromatic rings. The maximum absolute atomic E-state index is 12.4. The van der Waals surface area contributed by atoms with E-state index in [9.17, 15) is 4.79 Å². The SMILES string of the molecule is Cc1ccc(C2=CCN(C(=O)CCc3c(C)noc3C)CC2)cc1. The van der Waals surface area contributed by atoms with Gasteiger partial charge < -0.3 is 9.42 Å². The molecule has 0 bridgehead atoms. The first-order valence-electron chi connectivity index (χ1n) is 8.50. The molecule has 0 spiro atoms. The first kappa shape index (κ1) is 16.5. The van der Waals surface area contributed by atoms with Gasteiger partial charge in [-0.1, -0.05) is 41.1 Å². The second-order valence-electron chi connectivity index (χ2n) is 6.49. The lowest BCUT2D eigenvalue weighted by Gasteiger charge is -2.27. The van der Waals surface area contributed by atoms with E-state index >= 15 is 0 Å². The van der Waals surface area contributed by atoms with Crippen LogP contribution in [-0.2, 0) is 11.2 Å². The number of aromatic nitrogens is 1. The van der Waals surface area contributed by atoms with Crippen molar-refractivity contribution in [3.8, 4) is 0 Å². The highest BCUT2D eigenvalue weighted by Crippen LogP contribution is 2.23. The third-order valence-corrected chi connectivity index (χ3v) is 4.75. The molecule has 24 heavy (non-hydrogen) atoms. The fourth-order valence-electron chi connectivity index (χ4n) is 3.17. The molecule has 3 rings (SSSR count). The molecule has 0 radical (unpaired) electrons. The van der Waals surface area contributed by atoms with Gasteiger partial charge >= 0.3 is 0 Å². The van der Waals surface area contributed by atoms with E-state index in [0.29, 0.717) is 19.4 Å². The molecule has 126 valence electrons. The molecule has 0 aliphatic carbocycles. The summed E-state index contributed by atoms with van der Waals surface area (Å²) in [5.74, 6) is 1.02. The number of carbonyl (C=O) groups excluding carboxylic acids is 1. The molecule has 4 heteroatoms. The lowest BCUT2D eigenvalue weighted by molar-refractivity contribution is -0.130. The molecule has 1 aliphatic rings. The predicted octanol–water partition coefficient (Wildman–Crippen LogP) is 3.85. The van der Waals surface area contributed by atoms with Crippen LogP contribution in [0.15, 0.2) is 34.9 Å². The van der Waals surface area contributed by atoms with E-state index in [4.69, 9.17) is 4.52 Å². The van der Waals surface area contributed by atoms with Crippen LogP contribution in [0.25, 0.3) is 5.57 Å². The van der Waals surface area contributed by atoms with Crippen molar-refractivity contribution in [3.05, 3.63) is 58.5 Å². The van der Waals surface area contributed by atoms with Crippen LogP contribution in [0.4, 0.5) is 0 Å². The van der Waals surface area contributed by atoms with Crippen LogP contribution in [-0.4, -0.2) is 29.1 Å². The monoisotopic (exact) mass is 324 g/mol. The van der Waals surface area contributed by atoms with E-state index < -0.39 is 0 Å². The van der Waals surface area contributed by atoms with Crippen LogP contribution < -0.4 is 0 Å². The Morgan fingerprint density at radius 1 is 1.21 bits per heavy atom. The van der Waals surface area contributed by atoms with Gasteiger partial charge in [-0.2, -0.15) is 0 Å². The van der Waals surface area contributed by atoms with Gasteiger partial charge in [-0.3, -0.25) is 4.79 Å². The van der Waals surface area contributed by atoms with Gasteiger partial charge in [-0.15, -0.1) is 0 Å². The van der Waals surface area contributed by atoms with Crippen molar-refractivity contribution in [2.45, 2.75) is 40.0 Å². The molecule has 1 amide bonds. The maximum atomic E-state index is 12.4. The number of nitrogens with zero attached hydrogens (tertiary/aromatic N) is 2. The minimum Gasteiger partial charge on any atom is -0.361 e. The number of benzene rings is 1. The summed E-state index contributed by atoms with van der Waals surface area (Å²) in [5.41, 5.74) is 5.83. The normalized spacial score (nSPS) is 14.6. The van der Waals surface area contributed by atoms with Crippen LogP contribution in [0, 0.1) is 20.8 Å². The van der Waals surface area contributed by atoms with Crippen LogP contribution >= 0.6 is 0 Å². The molecule has 0 atom stereocenters. The fraction of sp³-hybridized carbons (Fsp3) is 0.400. The Balaban J connectivity index is 1.57. The number of amides is 1. The molecule has 4 nitrogen and oxygen atoms in total. The summed E-state index contributed by atoms with van der Waals surface area (Å²) in [6.45, 7) is 7.41. The molecule has 0 saturated heterocycles. The van der Waals surface area contributed by atoms with Gasteiger partial charge in [-0.05, 0) is 44.7 Å². The quantitative estimate of drug-likeness (QED) is 0.858. The number of hydrogen-bond donors (Lipinski definition) is 0. The van der Waals surface area contributed by atoms with Gasteiger partial charge in [0.25, 0.3) is 0 Å². The molecular formula is C20H24N2O2. The lowest BCUT2D eigenvalue weighted by atomic mass is 9.98. The van der Waals surface area contributed by atoms with Crippen molar-refractivity contribution in [2.24, 2.45) is 0 Å². The van der Waals surface area contributed by atoms with E-state index in [1.54, 1.807) is 0 Å². The Bertz CT molecular complexity index is 737. The van der Waals surface area contributed by atoms with Gasteiger partial charge in [0.2, 0.25) is 5.91 Å². The average Bonchev–Trinajstić information content (AvgIpc) is 2.92. The molecule has 2 heterocycles. The topological polar surface area (TPSA) is 46.3 Å². The maximum Gasteiger partial charge on any atom is 0.223 e. The summed E-state index contributed by atoms with van der Waals surface area (Å²) in [7, 11) is 0. The number of aryl methyl sites for hydroxylation is 3. The highest BCUT2D eigenvalue weighted by Gasteiger charge is 2.19. The summed E-state index contributed by atoms with van der Waals surface area (Å²) in [5, 5.41) is 3.95. The van der Waals surface area contributed by atoms with Crippen LogP contribution in [0.5, 0.6) is 0 Å². The lowest BCUT2D eigenvalue weighted by Crippen LogP contribution is -2.34. The molecule has 0 N–H and O–H groups in total. The molecule has 1 aromatic heterocycles. The van der Waals surface area contributed by atoms with Crippen LogP contribution in [0.1, 0.15) is 41.0 Å². The summed E-state index contributed by atoms with van der Waals surface area (Å²) in [6, 6.07) is 8.60. The third kappa shape index (κ3) is 3.58. The molecular weight excluding hydrogens is 300 g/mol. The van der Waals surface area contributed by atoms with E-state index in [1.165, 1.54) is 16.7 Å². The Hall–Kier alpha value is -2.36. The van der Waals surface area contributed by atoms with Crippen molar-refractivity contribution in [1.29, 1.82) is 0 Å². The van der Waals surface area contributed by atoms with Gasteiger partial charge in [0.1, 0.15) is 5.76 Å².